The zero-order chi connectivity index (χ0) is 13.9. The molecule has 0 aliphatic heterocycles. The van der Waals surface area contributed by atoms with Gasteiger partial charge in [-0.1, -0.05) is 17.7 Å². The van der Waals surface area contributed by atoms with Gasteiger partial charge in [0.05, 0.1) is 16.9 Å². The minimum Gasteiger partial charge on any atom is -0.392 e. The maximum Gasteiger partial charge on any atom is 0.218 e. The van der Waals surface area contributed by atoms with Gasteiger partial charge in [0, 0.05) is 13.6 Å². The summed E-state index contributed by atoms with van der Waals surface area (Å²) >= 11 is 5.58. The number of hydrogen-bond donors (Lipinski definition) is 1. The largest absolute Gasteiger partial charge is 0.392 e. The Labute approximate surface area is 111 Å². The molecule has 0 saturated heterocycles. The standard InChI is InChI=1S/C11H15ClFNO3S/c1-8(15)6-14(2)18(16,17)7-9-3-4-11(13)10(12)5-9/h3-5,8,15H,6-7H2,1-2H3/t8-/m1/s1. The van der Waals surface area contributed by atoms with Crippen molar-refractivity contribution in [2.24, 2.45) is 0 Å². The number of aliphatic hydroxyl groups excluding tert-OH is 1. The van der Waals surface area contributed by atoms with Crippen molar-refractivity contribution in [2.45, 2.75) is 18.8 Å². The first-order valence-corrected chi connectivity index (χ1v) is 7.27. The third-order valence-electron chi connectivity index (χ3n) is 2.33. The quantitative estimate of drug-likeness (QED) is 0.898. The van der Waals surface area contributed by atoms with E-state index in [4.69, 9.17) is 16.7 Å². The van der Waals surface area contributed by atoms with E-state index in [1.54, 1.807) is 0 Å². The van der Waals surface area contributed by atoms with E-state index in [0.717, 1.165) is 10.4 Å². The van der Waals surface area contributed by atoms with Crippen LogP contribution in [0.5, 0.6) is 0 Å². The summed E-state index contributed by atoms with van der Waals surface area (Å²) in [5.74, 6) is -0.869. The second-order valence-electron chi connectivity index (χ2n) is 4.13. The van der Waals surface area contributed by atoms with E-state index < -0.39 is 21.9 Å². The van der Waals surface area contributed by atoms with Crippen LogP contribution in [0.2, 0.25) is 5.02 Å². The average molecular weight is 296 g/mol. The molecule has 0 radical (unpaired) electrons. The molecule has 1 aromatic carbocycles. The topological polar surface area (TPSA) is 57.6 Å². The van der Waals surface area contributed by atoms with Gasteiger partial charge >= 0.3 is 0 Å². The van der Waals surface area contributed by atoms with Gasteiger partial charge in [-0.3, -0.25) is 0 Å². The second kappa shape index (κ2) is 5.97. The van der Waals surface area contributed by atoms with Crippen molar-refractivity contribution in [3.05, 3.63) is 34.6 Å². The molecular weight excluding hydrogens is 281 g/mol. The molecule has 0 spiro atoms. The van der Waals surface area contributed by atoms with E-state index in [-0.39, 0.29) is 17.3 Å². The van der Waals surface area contributed by atoms with Gasteiger partial charge in [-0.25, -0.2) is 17.1 Å². The number of aliphatic hydroxyl groups is 1. The Morgan fingerprint density at radius 3 is 2.61 bits per heavy atom. The molecule has 0 amide bonds. The Morgan fingerprint density at radius 1 is 1.50 bits per heavy atom. The van der Waals surface area contributed by atoms with Crippen molar-refractivity contribution in [3.8, 4) is 0 Å². The van der Waals surface area contributed by atoms with Gasteiger partial charge in [-0.05, 0) is 24.6 Å². The fourth-order valence-electron chi connectivity index (χ4n) is 1.44. The molecule has 0 heterocycles. The van der Waals surface area contributed by atoms with Crippen molar-refractivity contribution in [3.63, 3.8) is 0 Å². The lowest BCUT2D eigenvalue weighted by Gasteiger charge is -2.18. The molecule has 102 valence electrons. The molecule has 0 aliphatic rings. The molecule has 4 nitrogen and oxygen atoms in total. The summed E-state index contributed by atoms with van der Waals surface area (Å²) in [7, 11) is -2.16. The maximum absolute atomic E-state index is 12.9. The van der Waals surface area contributed by atoms with Gasteiger partial charge in [0.25, 0.3) is 0 Å². The number of likely N-dealkylation sites (N-methyl/N-ethyl adjacent to an activating group) is 1. The first-order chi connectivity index (χ1) is 8.22. The van der Waals surface area contributed by atoms with Gasteiger partial charge in [-0.15, -0.1) is 0 Å². The molecule has 1 aromatic rings. The highest BCUT2D eigenvalue weighted by Gasteiger charge is 2.20. The lowest BCUT2D eigenvalue weighted by molar-refractivity contribution is 0.171. The Hall–Kier alpha value is -0.690. The van der Waals surface area contributed by atoms with Gasteiger partial charge in [0.15, 0.2) is 0 Å². The minimum atomic E-state index is -3.55. The van der Waals surface area contributed by atoms with Crippen molar-refractivity contribution < 1.29 is 17.9 Å². The number of hydrogen-bond acceptors (Lipinski definition) is 3. The van der Waals surface area contributed by atoms with E-state index in [1.165, 1.54) is 26.1 Å². The average Bonchev–Trinajstić information content (AvgIpc) is 2.22. The van der Waals surface area contributed by atoms with Gasteiger partial charge in [-0.2, -0.15) is 0 Å². The normalized spacial score (nSPS) is 13.9. The van der Waals surface area contributed by atoms with Crippen LogP contribution < -0.4 is 0 Å². The smallest absolute Gasteiger partial charge is 0.218 e. The van der Waals surface area contributed by atoms with E-state index in [9.17, 15) is 12.8 Å². The summed E-state index contributed by atoms with van der Waals surface area (Å²) < 4.78 is 37.8. The van der Waals surface area contributed by atoms with Crippen LogP contribution >= 0.6 is 11.6 Å². The van der Waals surface area contributed by atoms with E-state index in [1.807, 2.05) is 0 Å². The number of halogens is 2. The van der Waals surface area contributed by atoms with Gasteiger partial charge in [0.1, 0.15) is 5.82 Å². The highest BCUT2D eigenvalue weighted by Crippen LogP contribution is 2.18. The number of sulfonamides is 1. The molecule has 0 fully saturated rings. The highest BCUT2D eigenvalue weighted by atomic mass is 35.5. The molecule has 1 atom stereocenters. The molecule has 0 aliphatic carbocycles. The summed E-state index contributed by atoms with van der Waals surface area (Å²) in [6, 6.07) is 3.78. The van der Waals surface area contributed by atoms with Gasteiger partial charge < -0.3 is 5.11 Å². The van der Waals surface area contributed by atoms with Crippen LogP contribution in [0.3, 0.4) is 0 Å². The Balaban J connectivity index is 2.85. The summed E-state index contributed by atoms with van der Waals surface area (Å²) in [5.41, 5.74) is 0.402. The summed E-state index contributed by atoms with van der Waals surface area (Å²) in [6.07, 6.45) is -0.749. The van der Waals surface area contributed by atoms with Crippen LogP contribution in [-0.2, 0) is 15.8 Å². The minimum absolute atomic E-state index is 0.0112. The molecule has 0 aromatic heterocycles. The van der Waals surface area contributed by atoms with Crippen molar-refractivity contribution in [1.29, 1.82) is 0 Å². The summed E-state index contributed by atoms with van der Waals surface area (Å²) in [4.78, 5) is 0. The zero-order valence-corrected chi connectivity index (χ0v) is 11.7. The molecule has 1 rings (SSSR count). The molecule has 0 unspecified atom stereocenters. The highest BCUT2D eigenvalue weighted by molar-refractivity contribution is 7.88. The Kier molecular flexibility index (Phi) is 5.10. The maximum atomic E-state index is 12.9. The molecule has 1 N–H and O–H groups in total. The third-order valence-corrected chi connectivity index (χ3v) is 4.42. The molecular formula is C11H15ClFNO3S. The first kappa shape index (κ1) is 15.4. The zero-order valence-electron chi connectivity index (χ0n) is 10.1. The number of benzene rings is 1. The SMILES string of the molecule is C[C@@H](O)CN(C)S(=O)(=O)Cc1ccc(F)c(Cl)c1. The first-order valence-electron chi connectivity index (χ1n) is 5.28. The fraction of sp³-hybridized carbons (Fsp3) is 0.455. The lowest BCUT2D eigenvalue weighted by atomic mass is 10.2. The van der Waals surface area contributed by atoms with E-state index in [2.05, 4.69) is 0 Å². The number of nitrogens with zero attached hydrogens (tertiary/aromatic N) is 1. The summed E-state index contributed by atoms with van der Waals surface area (Å²) in [5, 5.41) is 9.05. The van der Waals surface area contributed by atoms with Crippen LogP contribution in [0.4, 0.5) is 4.39 Å². The fourth-order valence-corrected chi connectivity index (χ4v) is 2.90. The van der Waals surface area contributed by atoms with Crippen LogP contribution in [0.1, 0.15) is 12.5 Å². The summed E-state index contributed by atoms with van der Waals surface area (Å²) in [6.45, 7) is 1.51. The number of rotatable bonds is 5. The van der Waals surface area contributed by atoms with Crippen molar-refractivity contribution in [2.75, 3.05) is 13.6 Å². The van der Waals surface area contributed by atoms with Crippen LogP contribution in [0, 0.1) is 5.82 Å². The third kappa shape index (κ3) is 4.20. The predicted octanol–water partition coefficient (Wildman–Crippen LogP) is 1.62. The van der Waals surface area contributed by atoms with E-state index in [0.29, 0.717) is 5.56 Å². The van der Waals surface area contributed by atoms with Crippen molar-refractivity contribution in [1.82, 2.24) is 4.31 Å². The van der Waals surface area contributed by atoms with Crippen molar-refractivity contribution >= 4 is 21.6 Å². The molecule has 0 bridgehead atoms. The molecule has 7 heteroatoms. The van der Waals surface area contributed by atoms with E-state index >= 15 is 0 Å². The lowest BCUT2D eigenvalue weighted by Crippen LogP contribution is -2.33. The van der Waals surface area contributed by atoms with Gasteiger partial charge in [0.2, 0.25) is 10.0 Å². The van der Waals surface area contributed by atoms with Crippen LogP contribution in [0.25, 0.3) is 0 Å². The monoisotopic (exact) mass is 295 g/mol. The molecule has 18 heavy (non-hydrogen) atoms. The molecule has 0 saturated carbocycles. The Morgan fingerprint density at radius 2 is 2.11 bits per heavy atom. The van der Waals surface area contributed by atoms with Crippen LogP contribution in [0.15, 0.2) is 18.2 Å². The second-order valence-corrected chi connectivity index (χ2v) is 6.62. The Bertz CT molecular complexity index is 519. The predicted molar refractivity (Wildman–Crippen MR) is 68.3 cm³/mol. The van der Waals surface area contributed by atoms with Crippen LogP contribution in [-0.4, -0.2) is 37.5 Å².